The van der Waals surface area contributed by atoms with Gasteiger partial charge in [-0.2, -0.15) is 5.10 Å². The van der Waals surface area contributed by atoms with Crippen LogP contribution in [0, 0.1) is 12.7 Å². The summed E-state index contributed by atoms with van der Waals surface area (Å²) in [5.74, 6) is 5.39. The third-order valence-corrected chi connectivity index (χ3v) is 3.78. The summed E-state index contributed by atoms with van der Waals surface area (Å²) in [4.78, 5) is 0. The van der Waals surface area contributed by atoms with E-state index in [4.69, 9.17) is 5.84 Å². The van der Waals surface area contributed by atoms with Crippen molar-refractivity contribution < 1.29 is 4.39 Å². The second-order valence-electron chi connectivity index (χ2n) is 4.73. The third kappa shape index (κ3) is 2.92. The number of aromatic nitrogens is 2. The Morgan fingerprint density at radius 3 is 2.90 bits per heavy atom. The highest BCUT2D eigenvalue weighted by Crippen LogP contribution is 2.30. The van der Waals surface area contributed by atoms with E-state index >= 15 is 0 Å². The molecule has 0 radical (unpaired) electrons. The maximum absolute atomic E-state index is 14.1. The number of benzene rings is 1. The minimum Gasteiger partial charge on any atom is -0.271 e. The molecule has 0 saturated heterocycles. The standard InChI is InChI=1S/C14H18BrFN4/c1-3-6-20-14(11(15)8-18-20)13(19-17)10-7-9(2)4-5-12(10)16/h4-5,7-8,13,19H,3,6,17H2,1-2H3. The summed E-state index contributed by atoms with van der Waals surface area (Å²) in [5, 5.41) is 4.30. The van der Waals surface area contributed by atoms with E-state index in [1.807, 2.05) is 11.6 Å². The molecule has 3 N–H and O–H groups in total. The number of halogens is 2. The van der Waals surface area contributed by atoms with Crippen molar-refractivity contribution in [2.45, 2.75) is 32.9 Å². The van der Waals surface area contributed by atoms with Crippen LogP contribution < -0.4 is 11.3 Å². The minimum absolute atomic E-state index is 0.283. The van der Waals surface area contributed by atoms with Crippen LogP contribution in [0.5, 0.6) is 0 Å². The summed E-state index contributed by atoms with van der Waals surface area (Å²) in [7, 11) is 0. The molecule has 1 heterocycles. The molecule has 0 bridgehead atoms. The zero-order chi connectivity index (χ0) is 14.7. The van der Waals surface area contributed by atoms with Crippen molar-refractivity contribution in [2.24, 2.45) is 5.84 Å². The lowest BCUT2D eigenvalue weighted by atomic mass is 10.0. The molecule has 2 rings (SSSR count). The van der Waals surface area contributed by atoms with Crippen molar-refractivity contribution in [3.63, 3.8) is 0 Å². The number of nitrogens with one attached hydrogen (secondary N) is 1. The van der Waals surface area contributed by atoms with E-state index in [9.17, 15) is 4.39 Å². The maximum atomic E-state index is 14.1. The zero-order valence-electron chi connectivity index (χ0n) is 11.5. The average Bonchev–Trinajstić information content (AvgIpc) is 2.77. The van der Waals surface area contributed by atoms with Gasteiger partial charge in [0.15, 0.2) is 0 Å². The first-order valence-electron chi connectivity index (χ1n) is 6.51. The van der Waals surface area contributed by atoms with Crippen LogP contribution in [0.2, 0.25) is 0 Å². The Bertz CT molecular complexity index is 597. The lowest BCUT2D eigenvalue weighted by molar-refractivity contribution is 0.500. The van der Waals surface area contributed by atoms with Crippen LogP contribution in [0.15, 0.2) is 28.9 Å². The number of hydrogen-bond acceptors (Lipinski definition) is 3. The van der Waals surface area contributed by atoms with E-state index in [1.165, 1.54) is 6.07 Å². The van der Waals surface area contributed by atoms with E-state index < -0.39 is 6.04 Å². The second-order valence-corrected chi connectivity index (χ2v) is 5.58. The molecule has 20 heavy (non-hydrogen) atoms. The molecule has 6 heteroatoms. The van der Waals surface area contributed by atoms with Crippen LogP contribution in [0.25, 0.3) is 0 Å². The van der Waals surface area contributed by atoms with Crippen molar-refractivity contribution in [1.29, 1.82) is 0 Å². The molecule has 0 amide bonds. The van der Waals surface area contributed by atoms with E-state index in [-0.39, 0.29) is 5.82 Å². The molecule has 1 atom stereocenters. The predicted octanol–water partition coefficient (Wildman–Crippen LogP) is 3.06. The van der Waals surface area contributed by atoms with Gasteiger partial charge in [0, 0.05) is 12.1 Å². The number of aryl methyl sites for hydroxylation is 2. The highest BCUT2D eigenvalue weighted by atomic mass is 79.9. The van der Waals surface area contributed by atoms with Gasteiger partial charge in [-0.05, 0) is 35.3 Å². The number of rotatable bonds is 5. The Morgan fingerprint density at radius 2 is 2.25 bits per heavy atom. The monoisotopic (exact) mass is 340 g/mol. The normalized spacial score (nSPS) is 12.7. The molecule has 0 aliphatic carbocycles. The second kappa shape index (κ2) is 6.47. The summed E-state index contributed by atoms with van der Waals surface area (Å²) in [6.45, 7) is 4.75. The summed E-state index contributed by atoms with van der Waals surface area (Å²) in [6, 6.07) is 4.56. The minimum atomic E-state index is -0.446. The van der Waals surface area contributed by atoms with Gasteiger partial charge in [-0.1, -0.05) is 24.6 Å². The smallest absolute Gasteiger partial charge is 0.128 e. The Hall–Kier alpha value is -1.24. The molecule has 0 spiro atoms. The van der Waals surface area contributed by atoms with Crippen LogP contribution in [-0.2, 0) is 6.54 Å². The number of hydrazine groups is 1. The van der Waals surface area contributed by atoms with Gasteiger partial charge in [-0.3, -0.25) is 10.5 Å². The van der Waals surface area contributed by atoms with E-state index in [0.717, 1.165) is 28.7 Å². The van der Waals surface area contributed by atoms with Gasteiger partial charge >= 0.3 is 0 Å². The molecule has 0 aliphatic heterocycles. The van der Waals surface area contributed by atoms with Crippen molar-refractivity contribution >= 4 is 15.9 Å². The predicted molar refractivity (Wildman–Crippen MR) is 80.5 cm³/mol. The lowest BCUT2D eigenvalue weighted by Gasteiger charge is -2.20. The van der Waals surface area contributed by atoms with Crippen molar-refractivity contribution in [3.8, 4) is 0 Å². The van der Waals surface area contributed by atoms with Gasteiger partial charge in [0.1, 0.15) is 5.82 Å². The first-order valence-corrected chi connectivity index (χ1v) is 7.31. The number of nitrogens with two attached hydrogens (primary N) is 1. The topological polar surface area (TPSA) is 55.9 Å². The highest BCUT2D eigenvalue weighted by Gasteiger charge is 2.23. The van der Waals surface area contributed by atoms with Crippen LogP contribution >= 0.6 is 15.9 Å². The fraction of sp³-hybridized carbons (Fsp3) is 0.357. The van der Waals surface area contributed by atoms with E-state index in [0.29, 0.717) is 5.56 Å². The van der Waals surface area contributed by atoms with E-state index in [2.05, 4.69) is 33.4 Å². The molecule has 108 valence electrons. The third-order valence-electron chi connectivity index (χ3n) is 3.17. The van der Waals surface area contributed by atoms with Gasteiger partial charge < -0.3 is 0 Å². The molecule has 1 aromatic carbocycles. The molecule has 1 unspecified atom stereocenters. The first kappa shape index (κ1) is 15.2. The molecule has 1 aromatic heterocycles. The largest absolute Gasteiger partial charge is 0.271 e. The average molecular weight is 341 g/mol. The molecule has 0 fully saturated rings. The SMILES string of the molecule is CCCn1ncc(Br)c1C(NN)c1cc(C)ccc1F. The van der Waals surface area contributed by atoms with E-state index in [1.54, 1.807) is 18.3 Å². The molecular weight excluding hydrogens is 323 g/mol. The Labute approximate surface area is 126 Å². The van der Waals surface area contributed by atoms with Gasteiger partial charge in [0.2, 0.25) is 0 Å². The van der Waals surface area contributed by atoms with Gasteiger partial charge in [-0.25, -0.2) is 9.82 Å². The lowest BCUT2D eigenvalue weighted by Crippen LogP contribution is -2.31. The van der Waals surface area contributed by atoms with Gasteiger partial charge in [0.05, 0.1) is 22.4 Å². The van der Waals surface area contributed by atoms with Gasteiger partial charge in [-0.15, -0.1) is 0 Å². The molecule has 0 aliphatic rings. The van der Waals surface area contributed by atoms with Crippen LogP contribution in [0.3, 0.4) is 0 Å². The Kier molecular flexibility index (Phi) is 4.91. The number of nitrogens with zero attached hydrogens (tertiary/aromatic N) is 2. The maximum Gasteiger partial charge on any atom is 0.128 e. The summed E-state index contributed by atoms with van der Waals surface area (Å²) in [5.41, 5.74) is 5.03. The molecule has 0 saturated carbocycles. The van der Waals surface area contributed by atoms with Crippen molar-refractivity contribution in [3.05, 3.63) is 51.5 Å². The van der Waals surface area contributed by atoms with Crippen LogP contribution in [0.4, 0.5) is 4.39 Å². The quantitative estimate of drug-likeness (QED) is 0.649. The van der Waals surface area contributed by atoms with Crippen LogP contribution in [0.1, 0.15) is 36.2 Å². The summed E-state index contributed by atoms with van der Waals surface area (Å²) < 4.78 is 16.8. The highest BCUT2D eigenvalue weighted by molar-refractivity contribution is 9.10. The van der Waals surface area contributed by atoms with Crippen molar-refractivity contribution in [2.75, 3.05) is 0 Å². The number of hydrogen-bond donors (Lipinski definition) is 2. The molecule has 2 aromatic rings. The fourth-order valence-corrected chi connectivity index (χ4v) is 2.77. The van der Waals surface area contributed by atoms with Gasteiger partial charge in [0.25, 0.3) is 0 Å². The Morgan fingerprint density at radius 1 is 1.50 bits per heavy atom. The van der Waals surface area contributed by atoms with Crippen molar-refractivity contribution in [1.82, 2.24) is 15.2 Å². The fourth-order valence-electron chi connectivity index (χ4n) is 2.25. The first-order chi connectivity index (χ1) is 9.58. The molecular formula is C14H18BrFN4. The summed E-state index contributed by atoms with van der Waals surface area (Å²) in [6.07, 6.45) is 2.65. The van der Waals surface area contributed by atoms with Crippen LogP contribution in [-0.4, -0.2) is 9.78 Å². The zero-order valence-corrected chi connectivity index (χ0v) is 13.1. The summed E-state index contributed by atoms with van der Waals surface area (Å²) >= 11 is 3.47. The molecule has 4 nitrogen and oxygen atoms in total. The Balaban J connectivity index is 2.52.